The molecule has 3 nitrogen and oxygen atoms in total. The van der Waals surface area contributed by atoms with Gasteiger partial charge in [-0.15, -0.1) is 0 Å². The zero-order valence-corrected chi connectivity index (χ0v) is 12.1. The predicted octanol–water partition coefficient (Wildman–Crippen LogP) is 3.44. The number of hydrogen-bond acceptors (Lipinski definition) is 2. The van der Waals surface area contributed by atoms with Crippen LogP contribution in [0.15, 0.2) is 46.9 Å². The predicted molar refractivity (Wildman–Crippen MR) is 78.2 cm³/mol. The fourth-order valence-electron chi connectivity index (χ4n) is 1.75. The number of carbonyl (C=O) groups excluding carboxylic acids is 1. The van der Waals surface area contributed by atoms with E-state index in [0.717, 1.165) is 21.3 Å². The number of benzene rings is 2. The molecule has 4 heteroatoms. The molecule has 98 valence electrons. The summed E-state index contributed by atoms with van der Waals surface area (Å²) in [4.78, 5) is 11.1. The van der Waals surface area contributed by atoms with Crippen LogP contribution in [0.5, 0.6) is 5.75 Å². The number of primary amides is 1. The second kappa shape index (κ2) is 5.89. The van der Waals surface area contributed by atoms with E-state index in [1.165, 1.54) is 0 Å². The third kappa shape index (κ3) is 3.58. The van der Waals surface area contributed by atoms with Crippen molar-refractivity contribution in [2.45, 2.75) is 13.5 Å². The molecule has 0 aliphatic heterocycles. The molecule has 1 amide bonds. The Morgan fingerprint density at radius 2 is 2.05 bits per heavy atom. The molecule has 0 fully saturated rings. The second-order valence-electron chi connectivity index (χ2n) is 4.26. The van der Waals surface area contributed by atoms with Crippen molar-refractivity contribution in [2.24, 2.45) is 5.73 Å². The zero-order chi connectivity index (χ0) is 13.8. The lowest BCUT2D eigenvalue weighted by Gasteiger charge is -2.10. The highest BCUT2D eigenvalue weighted by atomic mass is 79.9. The lowest BCUT2D eigenvalue weighted by Crippen LogP contribution is -2.11. The van der Waals surface area contributed by atoms with Gasteiger partial charge in [-0.25, -0.2) is 0 Å². The molecule has 0 saturated carbocycles. The first-order chi connectivity index (χ1) is 9.06. The standard InChI is InChI=1S/C15H14BrNO2/c1-10-7-13(16)5-6-14(10)19-9-11-3-2-4-12(8-11)15(17)18/h2-8H,9H2,1H3,(H2,17,18). The maximum absolute atomic E-state index is 11.1. The Bertz CT molecular complexity index is 611. The van der Waals surface area contributed by atoms with Gasteiger partial charge >= 0.3 is 0 Å². The van der Waals surface area contributed by atoms with E-state index in [0.29, 0.717) is 12.2 Å². The molecule has 19 heavy (non-hydrogen) atoms. The van der Waals surface area contributed by atoms with Crippen molar-refractivity contribution in [3.63, 3.8) is 0 Å². The molecule has 0 heterocycles. The third-order valence-corrected chi connectivity index (χ3v) is 3.24. The normalized spacial score (nSPS) is 10.2. The minimum absolute atomic E-state index is 0.406. The summed E-state index contributed by atoms with van der Waals surface area (Å²) in [5.41, 5.74) is 7.71. The SMILES string of the molecule is Cc1cc(Br)ccc1OCc1cccc(C(N)=O)c1. The van der Waals surface area contributed by atoms with Crippen LogP contribution in [0.1, 0.15) is 21.5 Å². The summed E-state index contributed by atoms with van der Waals surface area (Å²) in [6.07, 6.45) is 0. The number of hydrogen-bond donors (Lipinski definition) is 1. The summed E-state index contributed by atoms with van der Waals surface area (Å²) in [6, 6.07) is 13.0. The highest BCUT2D eigenvalue weighted by Gasteiger charge is 2.04. The van der Waals surface area contributed by atoms with Crippen LogP contribution in [-0.2, 0) is 6.61 Å². The van der Waals surface area contributed by atoms with Gasteiger partial charge in [0.1, 0.15) is 12.4 Å². The minimum atomic E-state index is -0.429. The fraction of sp³-hybridized carbons (Fsp3) is 0.133. The van der Waals surface area contributed by atoms with Gasteiger partial charge in [0.2, 0.25) is 5.91 Å². The molecule has 0 atom stereocenters. The van der Waals surface area contributed by atoms with Gasteiger partial charge in [-0.05, 0) is 48.4 Å². The average Bonchev–Trinajstić information content (AvgIpc) is 2.38. The number of aryl methyl sites for hydroxylation is 1. The summed E-state index contributed by atoms with van der Waals surface area (Å²) in [5.74, 6) is 0.398. The van der Waals surface area contributed by atoms with E-state index in [9.17, 15) is 4.79 Å². The van der Waals surface area contributed by atoms with Gasteiger partial charge in [0, 0.05) is 10.0 Å². The maximum Gasteiger partial charge on any atom is 0.248 e. The molecule has 2 aromatic rings. The molecule has 0 radical (unpaired) electrons. The molecule has 0 saturated heterocycles. The van der Waals surface area contributed by atoms with Crippen molar-refractivity contribution in [3.05, 3.63) is 63.6 Å². The van der Waals surface area contributed by atoms with E-state index < -0.39 is 5.91 Å². The minimum Gasteiger partial charge on any atom is -0.489 e. The Hall–Kier alpha value is -1.81. The number of halogens is 1. The van der Waals surface area contributed by atoms with Crippen LogP contribution in [0.4, 0.5) is 0 Å². The first-order valence-corrected chi connectivity index (χ1v) is 6.63. The Labute approximate surface area is 120 Å². The molecule has 0 aliphatic carbocycles. The van der Waals surface area contributed by atoms with Crippen molar-refractivity contribution >= 4 is 21.8 Å². The van der Waals surface area contributed by atoms with Crippen molar-refractivity contribution in [2.75, 3.05) is 0 Å². The highest BCUT2D eigenvalue weighted by Crippen LogP contribution is 2.23. The number of amides is 1. The molecule has 0 bridgehead atoms. The van der Waals surface area contributed by atoms with E-state index in [1.54, 1.807) is 18.2 Å². The Morgan fingerprint density at radius 3 is 2.74 bits per heavy atom. The molecule has 2 rings (SSSR count). The summed E-state index contributed by atoms with van der Waals surface area (Å²) < 4.78 is 6.76. The Balaban J connectivity index is 2.10. The molecular formula is C15H14BrNO2. The van der Waals surface area contributed by atoms with Gasteiger partial charge in [0.05, 0.1) is 0 Å². The van der Waals surface area contributed by atoms with Crippen LogP contribution < -0.4 is 10.5 Å². The summed E-state index contributed by atoms with van der Waals surface area (Å²) in [7, 11) is 0. The molecule has 0 spiro atoms. The summed E-state index contributed by atoms with van der Waals surface area (Å²) >= 11 is 3.41. The van der Waals surface area contributed by atoms with E-state index in [1.807, 2.05) is 31.2 Å². The van der Waals surface area contributed by atoms with E-state index >= 15 is 0 Å². The van der Waals surface area contributed by atoms with Gasteiger partial charge in [-0.3, -0.25) is 4.79 Å². The maximum atomic E-state index is 11.1. The van der Waals surface area contributed by atoms with Crippen LogP contribution >= 0.6 is 15.9 Å². The van der Waals surface area contributed by atoms with Crippen molar-refractivity contribution < 1.29 is 9.53 Å². The van der Waals surface area contributed by atoms with Gasteiger partial charge in [-0.1, -0.05) is 28.1 Å². The van der Waals surface area contributed by atoms with E-state index in [4.69, 9.17) is 10.5 Å². The third-order valence-electron chi connectivity index (χ3n) is 2.74. The van der Waals surface area contributed by atoms with Gasteiger partial charge in [0.15, 0.2) is 0 Å². The average molecular weight is 320 g/mol. The second-order valence-corrected chi connectivity index (χ2v) is 5.18. The van der Waals surface area contributed by atoms with Crippen LogP contribution in [0.25, 0.3) is 0 Å². The number of carbonyl (C=O) groups is 1. The smallest absolute Gasteiger partial charge is 0.248 e. The quantitative estimate of drug-likeness (QED) is 0.938. The topological polar surface area (TPSA) is 52.3 Å². The molecule has 2 aromatic carbocycles. The Morgan fingerprint density at radius 1 is 1.26 bits per heavy atom. The monoisotopic (exact) mass is 319 g/mol. The molecule has 0 aliphatic rings. The number of nitrogens with two attached hydrogens (primary N) is 1. The molecular weight excluding hydrogens is 306 g/mol. The lowest BCUT2D eigenvalue weighted by molar-refractivity contribution is 0.1000. The van der Waals surface area contributed by atoms with E-state index in [-0.39, 0.29) is 0 Å². The largest absolute Gasteiger partial charge is 0.489 e. The molecule has 2 N–H and O–H groups in total. The first-order valence-electron chi connectivity index (χ1n) is 5.84. The zero-order valence-electron chi connectivity index (χ0n) is 10.5. The highest BCUT2D eigenvalue weighted by molar-refractivity contribution is 9.10. The number of rotatable bonds is 4. The number of ether oxygens (including phenoxy) is 1. The van der Waals surface area contributed by atoms with Crippen LogP contribution in [-0.4, -0.2) is 5.91 Å². The summed E-state index contributed by atoms with van der Waals surface area (Å²) in [5, 5.41) is 0. The van der Waals surface area contributed by atoms with E-state index in [2.05, 4.69) is 15.9 Å². The summed E-state index contributed by atoms with van der Waals surface area (Å²) in [6.45, 7) is 2.39. The van der Waals surface area contributed by atoms with Crippen LogP contribution in [0, 0.1) is 6.92 Å². The van der Waals surface area contributed by atoms with Gasteiger partial charge < -0.3 is 10.5 Å². The van der Waals surface area contributed by atoms with Gasteiger partial charge in [-0.2, -0.15) is 0 Å². The molecule has 0 aromatic heterocycles. The van der Waals surface area contributed by atoms with Crippen LogP contribution in [0.3, 0.4) is 0 Å². The van der Waals surface area contributed by atoms with Crippen molar-refractivity contribution in [1.82, 2.24) is 0 Å². The van der Waals surface area contributed by atoms with Crippen molar-refractivity contribution in [3.8, 4) is 5.75 Å². The molecule has 0 unspecified atom stereocenters. The van der Waals surface area contributed by atoms with Gasteiger partial charge in [0.25, 0.3) is 0 Å². The fourth-order valence-corrected chi connectivity index (χ4v) is 2.23. The van der Waals surface area contributed by atoms with Crippen molar-refractivity contribution in [1.29, 1.82) is 0 Å². The lowest BCUT2D eigenvalue weighted by atomic mass is 10.1. The first kappa shape index (κ1) is 13.6. The van der Waals surface area contributed by atoms with Crippen LogP contribution in [0.2, 0.25) is 0 Å². The Kier molecular flexibility index (Phi) is 4.22.